The van der Waals surface area contributed by atoms with Crippen LogP contribution in [0.25, 0.3) is 0 Å². The summed E-state index contributed by atoms with van der Waals surface area (Å²) >= 11 is 0. The maximum atomic E-state index is 10.9. The van der Waals surface area contributed by atoms with Gasteiger partial charge in [0.1, 0.15) is 12.8 Å². The van der Waals surface area contributed by atoms with Gasteiger partial charge in [0.15, 0.2) is 0 Å². The van der Waals surface area contributed by atoms with Crippen molar-refractivity contribution < 1.29 is 9.59 Å². The minimum absolute atomic E-state index is 0.00167. The molecule has 0 aromatic rings. The molecule has 0 saturated carbocycles. The topological polar surface area (TPSA) is 88.2 Å². The largest absolute Gasteiger partial charge is 0.342 e. The molecule has 0 spiro atoms. The smallest absolute Gasteiger partial charge is 0.236 e. The monoisotopic (exact) mass is 280 g/mol. The minimum Gasteiger partial charge on any atom is -0.342 e. The van der Waals surface area contributed by atoms with E-state index in [1.165, 1.54) is 0 Å². The number of carbonyl (C=O) groups is 2. The number of amides is 2. The highest BCUT2D eigenvalue weighted by Crippen LogP contribution is 1.92. The lowest BCUT2D eigenvalue weighted by atomic mass is 10.4. The molecule has 112 valence electrons. The second kappa shape index (κ2) is 13.4. The van der Waals surface area contributed by atoms with Gasteiger partial charge < -0.3 is 9.80 Å². The summed E-state index contributed by atoms with van der Waals surface area (Å²) < 4.78 is 0. The third kappa shape index (κ3) is 8.93. The van der Waals surface area contributed by atoms with E-state index in [9.17, 15) is 9.59 Å². The van der Waals surface area contributed by atoms with Crippen LogP contribution in [0.4, 0.5) is 0 Å². The van der Waals surface area contributed by atoms with Crippen LogP contribution in [0.15, 0.2) is 0 Å². The van der Waals surface area contributed by atoms with Crippen molar-refractivity contribution in [1.29, 1.82) is 10.5 Å². The third-order valence-corrected chi connectivity index (χ3v) is 2.69. The zero-order valence-electron chi connectivity index (χ0n) is 12.8. The zero-order valence-corrected chi connectivity index (χ0v) is 12.8. The highest BCUT2D eigenvalue weighted by Gasteiger charge is 2.07. The van der Waals surface area contributed by atoms with Crippen molar-refractivity contribution in [3.8, 4) is 12.1 Å². The van der Waals surface area contributed by atoms with Gasteiger partial charge in [0.25, 0.3) is 0 Å². The van der Waals surface area contributed by atoms with E-state index in [1.807, 2.05) is 39.8 Å². The minimum atomic E-state index is -0.0764. The molecule has 0 aliphatic rings. The number of nitriles is 2. The summed E-state index contributed by atoms with van der Waals surface area (Å²) in [4.78, 5) is 25.1. The lowest BCUT2D eigenvalue weighted by Gasteiger charge is -2.16. The summed E-state index contributed by atoms with van der Waals surface area (Å²) in [5, 5.41) is 16.4. The van der Waals surface area contributed by atoms with Gasteiger partial charge in [-0.1, -0.05) is 0 Å². The Morgan fingerprint density at radius 1 is 0.750 bits per heavy atom. The van der Waals surface area contributed by atoms with Crippen LogP contribution in [0.3, 0.4) is 0 Å². The molecule has 0 aliphatic carbocycles. The Balaban J connectivity index is 0. The summed E-state index contributed by atoms with van der Waals surface area (Å²) in [6.45, 7) is 10.4. The fraction of sp³-hybridized carbons (Fsp3) is 0.714. The predicted octanol–water partition coefficient (Wildman–Crippen LogP) is 1.54. The number of carbonyl (C=O) groups excluding carboxylic acids is 2. The normalized spacial score (nSPS) is 8.50. The van der Waals surface area contributed by atoms with Crippen molar-refractivity contribution in [2.45, 2.75) is 40.5 Å². The van der Waals surface area contributed by atoms with E-state index >= 15 is 0 Å². The molecule has 0 atom stereocenters. The molecule has 0 aromatic heterocycles. The lowest BCUT2D eigenvalue weighted by molar-refractivity contribution is -0.130. The Morgan fingerprint density at radius 2 is 1.00 bits per heavy atom. The van der Waals surface area contributed by atoms with E-state index < -0.39 is 0 Å². The Hall–Kier alpha value is -2.08. The molecule has 0 fully saturated rings. The number of hydrogen-bond acceptors (Lipinski definition) is 4. The Bertz CT molecular complexity index is 324. The van der Waals surface area contributed by atoms with Crippen LogP contribution in [-0.4, -0.2) is 47.8 Å². The fourth-order valence-electron chi connectivity index (χ4n) is 1.51. The summed E-state index contributed by atoms with van der Waals surface area (Å²) in [5.74, 6) is -0.153. The van der Waals surface area contributed by atoms with Crippen molar-refractivity contribution >= 4 is 11.8 Å². The van der Waals surface area contributed by atoms with Crippen LogP contribution in [0.5, 0.6) is 0 Å². The number of rotatable bonds is 6. The highest BCUT2D eigenvalue weighted by atomic mass is 16.2. The van der Waals surface area contributed by atoms with Crippen LogP contribution >= 0.6 is 0 Å². The Morgan fingerprint density at radius 3 is 1.15 bits per heavy atom. The van der Waals surface area contributed by atoms with Crippen molar-refractivity contribution in [3.63, 3.8) is 0 Å². The molecule has 0 rings (SSSR count). The van der Waals surface area contributed by atoms with Gasteiger partial charge in [0.05, 0.1) is 12.1 Å². The Labute approximate surface area is 121 Å². The molecule has 0 radical (unpaired) electrons. The molecule has 20 heavy (non-hydrogen) atoms. The van der Waals surface area contributed by atoms with Gasteiger partial charge in [-0.2, -0.15) is 10.5 Å². The van der Waals surface area contributed by atoms with Crippen LogP contribution < -0.4 is 0 Å². The van der Waals surface area contributed by atoms with Gasteiger partial charge >= 0.3 is 0 Å². The second-order valence-corrected chi connectivity index (χ2v) is 3.80. The van der Waals surface area contributed by atoms with Gasteiger partial charge in [-0.25, -0.2) is 0 Å². The van der Waals surface area contributed by atoms with E-state index in [4.69, 9.17) is 10.5 Å². The molecule has 6 nitrogen and oxygen atoms in total. The van der Waals surface area contributed by atoms with Crippen molar-refractivity contribution in [2.75, 3.05) is 26.2 Å². The lowest BCUT2D eigenvalue weighted by Crippen LogP contribution is -2.29. The summed E-state index contributed by atoms with van der Waals surface area (Å²) in [5.41, 5.74) is 0. The maximum Gasteiger partial charge on any atom is 0.236 e. The fourth-order valence-corrected chi connectivity index (χ4v) is 1.51. The average molecular weight is 280 g/mol. The second-order valence-electron chi connectivity index (χ2n) is 3.80. The van der Waals surface area contributed by atoms with E-state index in [0.29, 0.717) is 26.2 Å². The Kier molecular flexibility index (Phi) is 13.5. The van der Waals surface area contributed by atoms with Crippen LogP contribution in [0, 0.1) is 22.7 Å². The van der Waals surface area contributed by atoms with Gasteiger partial charge in [0, 0.05) is 26.2 Å². The van der Waals surface area contributed by atoms with Gasteiger partial charge in [-0.05, 0) is 27.7 Å². The highest BCUT2D eigenvalue weighted by molar-refractivity contribution is 5.78. The predicted molar refractivity (Wildman–Crippen MR) is 76.3 cm³/mol. The maximum absolute atomic E-state index is 10.9. The first-order chi connectivity index (χ1) is 9.51. The van der Waals surface area contributed by atoms with Crippen LogP contribution in [-0.2, 0) is 9.59 Å². The van der Waals surface area contributed by atoms with Gasteiger partial charge in [-0.3, -0.25) is 9.59 Å². The SMILES string of the molecule is CCN(CC)C(=O)CC#N.CCN(CC)C(=O)CC#N. The molecule has 0 N–H and O–H groups in total. The first-order valence-corrected chi connectivity index (χ1v) is 6.81. The molecule has 0 aliphatic heterocycles. The third-order valence-electron chi connectivity index (χ3n) is 2.69. The van der Waals surface area contributed by atoms with Crippen molar-refractivity contribution in [2.24, 2.45) is 0 Å². The van der Waals surface area contributed by atoms with E-state index in [1.54, 1.807) is 9.80 Å². The first kappa shape index (κ1) is 20.2. The van der Waals surface area contributed by atoms with Crippen molar-refractivity contribution in [1.82, 2.24) is 9.80 Å². The molecular weight excluding hydrogens is 256 g/mol. The zero-order chi connectivity index (χ0) is 16.0. The first-order valence-electron chi connectivity index (χ1n) is 6.81. The van der Waals surface area contributed by atoms with Crippen LogP contribution in [0.2, 0.25) is 0 Å². The molecule has 6 heteroatoms. The quantitative estimate of drug-likeness (QED) is 0.738. The molecule has 2 amide bonds. The van der Waals surface area contributed by atoms with Crippen molar-refractivity contribution in [3.05, 3.63) is 0 Å². The molecule has 0 heterocycles. The van der Waals surface area contributed by atoms with Gasteiger partial charge in [-0.15, -0.1) is 0 Å². The average Bonchev–Trinajstić information content (AvgIpc) is 2.43. The molecule has 0 aromatic carbocycles. The summed E-state index contributed by atoms with van der Waals surface area (Å²) in [6, 6.07) is 3.65. The van der Waals surface area contributed by atoms with Crippen LogP contribution in [0.1, 0.15) is 40.5 Å². The number of nitrogens with zero attached hydrogens (tertiary/aromatic N) is 4. The molecule has 0 bridgehead atoms. The number of hydrogen-bond donors (Lipinski definition) is 0. The standard InChI is InChI=1S/2C7H12N2O/c2*1-3-9(4-2)7(10)5-6-8/h2*3-5H2,1-2H3. The van der Waals surface area contributed by atoms with E-state index in [0.717, 1.165) is 0 Å². The molecule has 0 unspecified atom stereocenters. The van der Waals surface area contributed by atoms with Gasteiger partial charge in [0.2, 0.25) is 11.8 Å². The van der Waals surface area contributed by atoms with E-state index in [2.05, 4.69) is 0 Å². The molecular formula is C14H24N4O2. The molecule has 0 saturated heterocycles. The summed E-state index contributed by atoms with van der Waals surface area (Å²) in [6.07, 6.45) is 0.00333. The van der Waals surface area contributed by atoms with E-state index in [-0.39, 0.29) is 24.7 Å². The summed E-state index contributed by atoms with van der Waals surface area (Å²) in [7, 11) is 0.